The monoisotopic (exact) mass is 269 g/mol. The second-order valence-corrected chi connectivity index (χ2v) is 4.76. The number of rotatable bonds is 6. The topological polar surface area (TPSA) is 98.8 Å². The van der Waals surface area contributed by atoms with Gasteiger partial charge in [-0.1, -0.05) is 0 Å². The van der Waals surface area contributed by atoms with Crippen molar-refractivity contribution in [2.45, 2.75) is 12.8 Å². The van der Waals surface area contributed by atoms with Gasteiger partial charge < -0.3 is 24.8 Å². The molecule has 1 aromatic heterocycles. The van der Waals surface area contributed by atoms with E-state index in [9.17, 15) is 4.79 Å². The second-order valence-electron chi connectivity index (χ2n) is 4.76. The summed E-state index contributed by atoms with van der Waals surface area (Å²) in [6.07, 6.45) is 3.31. The first-order valence-corrected chi connectivity index (χ1v) is 6.45. The van der Waals surface area contributed by atoms with Crippen LogP contribution in [0.15, 0.2) is 10.7 Å². The lowest BCUT2D eigenvalue weighted by Crippen LogP contribution is -2.39. The highest BCUT2D eigenvalue weighted by Crippen LogP contribution is 2.15. The van der Waals surface area contributed by atoms with Crippen molar-refractivity contribution < 1.29 is 19.4 Å². The Hall–Kier alpha value is -1.60. The molecule has 0 aromatic carbocycles. The van der Waals surface area contributed by atoms with Crippen LogP contribution in [0.25, 0.3) is 0 Å². The highest BCUT2D eigenvalue weighted by atomic mass is 16.4. The first-order chi connectivity index (χ1) is 9.19. The molecule has 1 aromatic rings. The van der Waals surface area contributed by atoms with Gasteiger partial charge in [-0.25, -0.2) is 4.79 Å². The Morgan fingerprint density at radius 2 is 2.47 bits per heavy atom. The number of anilines is 1. The van der Waals surface area contributed by atoms with Crippen molar-refractivity contribution in [2.24, 2.45) is 5.92 Å². The molecule has 1 aliphatic rings. The average Bonchev–Trinajstić information content (AvgIpc) is 2.88. The van der Waals surface area contributed by atoms with Crippen LogP contribution < -0.4 is 5.32 Å². The van der Waals surface area contributed by atoms with Crippen LogP contribution in [0.3, 0.4) is 0 Å². The molecule has 19 heavy (non-hydrogen) atoms. The highest BCUT2D eigenvalue weighted by Gasteiger charge is 2.18. The van der Waals surface area contributed by atoms with E-state index in [-0.39, 0.29) is 18.3 Å². The van der Waals surface area contributed by atoms with Gasteiger partial charge in [-0.05, 0) is 25.3 Å². The number of carbonyl (C=O) groups is 1. The van der Waals surface area contributed by atoms with E-state index in [0.717, 1.165) is 38.7 Å². The molecule has 0 bridgehead atoms. The van der Waals surface area contributed by atoms with E-state index in [0.29, 0.717) is 12.5 Å². The van der Waals surface area contributed by atoms with Gasteiger partial charge in [0.15, 0.2) is 5.69 Å². The summed E-state index contributed by atoms with van der Waals surface area (Å²) in [5, 5.41) is 20.8. The maximum absolute atomic E-state index is 10.6. The molecular weight excluding hydrogens is 250 g/mol. The van der Waals surface area contributed by atoms with Crippen molar-refractivity contribution in [1.82, 2.24) is 9.88 Å². The van der Waals surface area contributed by atoms with E-state index in [1.165, 1.54) is 0 Å². The predicted octanol–water partition coefficient (Wildman–Crippen LogP) is 0.489. The lowest BCUT2D eigenvalue weighted by molar-refractivity contribution is 0.0690. The fourth-order valence-electron chi connectivity index (χ4n) is 2.28. The molecule has 1 atom stereocenters. The maximum Gasteiger partial charge on any atom is 0.357 e. The summed E-state index contributed by atoms with van der Waals surface area (Å²) in [5.74, 6) is -0.729. The van der Waals surface area contributed by atoms with Gasteiger partial charge in [0.05, 0.1) is 0 Å². The van der Waals surface area contributed by atoms with Gasteiger partial charge in [-0.2, -0.15) is 4.98 Å². The van der Waals surface area contributed by atoms with Gasteiger partial charge in [0.25, 0.3) is 6.01 Å². The Balaban J connectivity index is 1.72. The van der Waals surface area contributed by atoms with E-state index in [4.69, 9.17) is 14.6 Å². The molecule has 0 radical (unpaired) electrons. The minimum absolute atomic E-state index is 0.0965. The third-order valence-electron chi connectivity index (χ3n) is 3.29. The zero-order valence-corrected chi connectivity index (χ0v) is 10.7. The summed E-state index contributed by atoms with van der Waals surface area (Å²) in [6, 6.07) is 0.230. The van der Waals surface area contributed by atoms with Gasteiger partial charge in [0, 0.05) is 26.2 Å². The standard InChI is InChI=1S/C12H19N3O4/c16-7-9-2-1-4-15(6-9)5-3-13-12-14-10(8-19-12)11(17)18/h8-9,16H,1-7H2,(H,13,14)(H,17,18). The quantitative estimate of drug-likeness (QED) is 0.691. The summed E-state index contributed by atoms with van der Waals surface area (Å²) < 4.78 is 5.00. The summed E-state index contributed by atoms with van der Waals surface area (Å²) in [5.41, 5.74) is -0.0965. The van der Waals surface area contributed by atoms with E-state index >= 15 is 0 Å². The lowest BCUT2D eigenvalue weighted by Gasteiger charge is -2.31. The molecule has 0 spiro atoms. The van der Waals surface area contributed by atoms with E-state index < -0.39 is 5.97 Å². The third-order valence-corrected chi connectivity index (χ3v) is 3.29. The largest absolute Gasteiger partial charge is 0.476 e. The first-order valence-electron chi connectivity index (χ1n) is 6.45. The van der Waals surface area contributed by atoms with E-state index in [2.05, 4.69) is 15.2 Å². The van der Waals surface area contributed by atoms with Crippen molar-refractivity contribution in [3.8, 4) is 0 Å². The zero-order valence-electron chi connectivity index (χ0n) is 10.7. The van der Waals surface area contributed by atoms with Crippen molar-refractivity contribution in [1.29, 1.82) is 0 Å². The number of hydrogen-bond acceptors (Lipinski definition) is 6. The Labute approximate surface area is 111 Å². The van der Waals surface area contributed by atoms with Gasteiger partial charge in [0.2, 0.25) is 0 Å². The second kappa shape index (κ2) is 6.53. The molecule has 7 nitrogen and oxygen atoms in total. The SMILES string of the molecule is O=C(O)c1coc(NCCN2CCCC(CO)C2)n1. The highest BCUT2D eigenvalue weighted by molar-refractivity contribution is 5.85. The molecular formula is C12H19N3O4. The summed E-state index contributed by atoms with van der Waals surface area (Å²) in [6.45, 7) is 3.64. The number of aliphatic hydroxyl groups excluding tert-OH is 1. The van der Waals surface area contributed by atoms with Crippen LogP contribution in [-0.2, 0) is 0 Å². The van der Waals surface area contributed by atoms with Gasteiger partial charge in [0.1, 0.15) is 6.26 Å². The third kappa shape index (κ3) is 3.93. The van der Waals surface area contributed by atoms with E-state index in [1.54, 1.807) is 0 Å². The normalized spacial score (nSPS) is 20.4. The van der Waals surface area contributed by atoms with Crippen LogP contribution in [0.5, 0.6) is 0 Å². The number of nitrogens with zero attached hydrogens (tertiary/aromatic N) is 2. The number of hydrogen-bond donors (Lipinski definition) is 3. The maximum atomic E-state index is 10.6. The number of aromatic nitrogens is 1. The Bertz CT molecular complexity index is 421. The molecule has 1 saturated heterocycles. The summed E-state index contributed by atoms with van der Waals surface area (Å²) in [4.78, 5) is 16.7. The number of likely N-dealkylation sites (tertiary alicyclic amines) is 1. The smallest absolute Gasteiger partial charge is 0.357 e. The lowest BCUT2D eigenvalue weighted by atomic mass is 9.99. The van der Waals surface area contributed by atoms with Crippen LogP contribution in [0.4, 0.5) is 6.01 Å². The molecule has 3 N–H and O–H groups in total. The van der Waals surface area contributed by atoms with Crippen LogP contribution in [0, 0.1) is 5.92 Å². The number of nitrogens with one attached hydrogen (secondary N) is 1. The number of aromatic carboxylic acids is 1. The van der Waals surface area contributed by atoms with E-state index in [1.807, 2.05) is 0 Å². The van der Waals surface area contributed by atoms with Crippen molar-refractivity contribution >= 4 is 12.0 Å². The van der Waals surface area contributed by atoms with Crippen molar-refractivity contribution in [2.75, 3.05) is 38.1 Å². The van der Waals surface area contributed by atoms with Gasteiger partial charge >= 0.3 is 5.97 Å². The fourth-order valence-corrected chi connectivity index (χ4v) is 2.28. The minimum Gasteiger partial charge on any atom is -0.476 e. The molecule has 0 saturated carbocycles. The molecule has 0 amide bonds. The predicted molar refractivity (Wildman–Crippen MR) is 68.2 cm³/mol. The Morgan fingerprint density at radius 1 is 1.63 bits per heavy atom. The number of aliphatic hydroxyl groups is 1. The van der Waals surface area contributed by atoms with Crippen LogP contribution in [0.1, 0.15) is 23.3 Å². The first kappa shape index (κ1) is 13.8. The molecule has 0 aliphatic carbocycles. The Morgan fingerprint density at radius 3 is 3.16 bits per heavy atom. The molecule has 7 heteroatoms. The zero-order chi connectivity index (χ0) is 13.7. The molecule has 106 valence electrons. The molecule has 1 unspecified atom stereocenters. The number of piperidine rings is 1. The summed E-state index contributed by atoms with van der Waals surface area (Å²) in [7, 11) is 0. The molecule has 1 aliphatic heterocycles. The number of carboxylic acid groups (broad SMARTS) is 1. The molecule has 1 fully saturated rings. The molecule has 2 rings (SSSR count). The van der Waals surface area contributed by atoms with Gasteiger partial charge in [-0.3, -0.25) is 0 Å². The van der Waals surface area contributed by atoms with Crippen molar-refractivity contribution in [3.05, 3.63) is 12.0 Å². The fraction of sp³-hybridized carbons (Fsp3) is 0.667. The van der Waals surface area contributed by atoms with Crippen LogP contribution in [0.2, 0.25) is 0 Å². The number of carboxylic acids is 1. The van der Waals surface area contributed by atoms with Crippen LogP contribution in [-0.4, -0.2) is 58.9 Å². The number of oxazole rings is 1. The minimum atomic E-state index is -1.10. The van der Waals surface area contributed by atoms with Crippen molar-refractivity contribution in [3.63, 3.8) is 0 Å². The Kier molecular flexibility index (Phi) is 4.75. The summed E-state index contributed by atoms with van der Waals surface area (Å²) >= 11 is 0. The van der Waals surface area contributed by atoms with Gasteiger partial charge in [-0.15, -0.1) is 0 Å². The van der Waals surface area contributed by atoms with Crippen LogP contribution >= 0.6 is 0 Å². The average molecular weight is 269 g/mol. The molecule has 2 heterocycles.